The zero-order valence-electron chi connectivity index (χ0n) is 15.1. The lowest BCUT2D eigenvalue weighted by Crippen LogP contribution is -2.31. The van der Waals surface area contributed by atoms with Gasteiger partial charge in [-0.3, -0.25) is 9.48 Å². The Kier molecular flexibility index (Phi) is 6.71. The number of halogens is 1. The molecule has 2 rings (SSSR count). The zero-order chi connectivity index (χ0) is 19.1. The first-order valence-corrected chi connectivity index (χ1v) is 8.40. The van der Waals surface area contributed by atoms with Crippen LogP contribution in [0.1, 0.15) is 30.3 Å². The van der Waals surface area contributed by atoms with Gasteiger partial charge in [-0.25, -0.2) is 9.18 Å². The number of aromatic nitrogens is 2. The normalized spacial score (nSPS) is 10.5. The van der Waals surface area contributed by atoms with Crippen LogP contribution in [-0.2, 0) is 16.1 Å². The fraction of sp³-hybridized carbons (Fsp3) is 0.389. The number of hydrogen-bond acceptors (Lipinski definition) is 4. The van der Waals surface area contributed by atoms with Gasteiger partial charge in [0, 0.05) is 12.1 Å². The fourth-order valence-corrected chi connectivity index (χ4v) is 2.49. The van der Waals surface area contributed by atoms with Gasteiger partial charge in [-0.1, -0.05) is 18.2 Å². The molecule has 0 fully saturated rings. The molecule has 1 heterocycles. The van der Waals surface area contributed by atoms with Crippen LogP contribution in [0.2, 0.25) is 0 Å². The van der Waals surface area contributed by atoms with Gasteiger partial charge in [0.25, 0.3) is 0 Å². The first-order valence-electron chi connectivity index (χ1n) is 8.40. The number of rotatable bonds is 7. The van der Waals surface area contributed by atoms with E-state index in [1.165, 1.54) is 6.07 Å². The van der Waals surface area contributed by atoms with Crippen molar-refractivity contribution in [1.82, 2.24) is 15.1 Å². The van der Waals surface area contributed by atoms with Crippen molar-refractivity contribution in [3.05, 3.63) is 47.0 Å². The van der Waals surface area contributed by atoms with Crippen LogP contribution in [0.4, 0.5) is 14.9 Å². The highest BCUT2D eigenvalue weighted by molar-refractivity contribution is 5.90. The summed E-state index contributed by atoms with van der Waals surface area (Å²) in [4.78, 5) is 23.3. The smallest absolute Gasteiger partial charge is 0.319 e. The average Bonchev–Trinajstić information content (AvgIpc) is 2.85. The van der Waals surface area contributed by atoms with E-state index < -0.39 is 6.03 Å². The van der Waals surface area contributed by atoms with Crippen molar-refractivity contribution < 1.29 is 18.7 Å². The molecule has 140 valence electrons. The van der Waals surface area contributed by atoms with Crippen LogP contribution in [0, 0.1) is 19.7 Å². The quantitative estimate of drug-likeness (QED) is 0.742. The molecule has 0 saturated heterocycles. The van der Waals surface area contributed by atoms with Gasteiger partial charge in [0.15, 0.2) is 0 Å². The second kappa shape index (κ2) is 8.98. The van der Waals surface area contributed by atoms with Crippen LogP contribution >= 0.6 is 0 Å². The fourth-order valence-electron chi connectivity index (χ4n) is 2.49. The molecule has 0 aliphatic rings. The summed E-state index contributed by atoms with van der Waals surface area (Å²) in [5, 5.41) is 9.69. The number of aryl methyl sites for hydroxylation is 1. The molecule has 0 spiro atoms. The Morgan fingerprint density at radius 3 is 2.69 bits per heavy atom. The van der Waals surface area contributed by atoms with Crippen molar-refractivity contribution in [1.29, 1.82) is 0 Å². The molecule has 1 aromatic heterocycles. The molecule has 0 aliphatic carbocycles. The van der Waals surface area contributed by atoms with Crippen LogP contribution < -0.4 is 10.6 Å². The van der Waals surface area contributed by atoms with Crippen LogP contribution in [0.3, 0.4) is 0 Å². The molecule has 0 aliphatic heterocycles. The number of nitrogens with zero attached hydrogens (tertiary/aromatic N) is 2. The number of urea groups is 1. The number of carbonyl (C=O) groups is 2. The van der Waals surface area contributed by atoms with Gasteiger partial charge in [0.05, 0.1) is 36.6 Å². The lowest BCUT2D eigenvalue weighted by atomic mass is 10.2. The van der Waals surface area contributed by atoms with E-state index >= 15 is 0 Å². The van der Waals surface area contributed by atoms with E-state index in [-0.39, 0.29) is 31.3 Å². The molecule has 7 nitrogen and oxygen atoms in total. The van der Waals surface area contributed by atoms with Gasteiger partial charge in [0.1, 0.15) is 5.82 Å². The summed E-state index contributed by atoms with van der Waals surface area (Å²) in [5.74, 6) is -0.663. The number of hydrogen-bond donors (Lipinski definition) is 2. The Hall–Kier alpha value is -2.90. The largest absolute Gasteiger partial charge is 0.466 e. The highest BCUT2D eigenvalue weighted by Gasteiger charge is 2.15. The minimum Gasteiger partial charge on any atom is -0.466 e. The molecule has 26 heavy (non-hydrogen) atoms. The van der Waals surface area contributed by atoms with E-state index in [0.717, 1.165) is 0 Å². The number of carbonyl (C=O) groups excluding carboxylic acids is 2. The van der Waals surface area contributed by atoms with E-state index in [0.29, 0.717) is 29.2 Å². The first-order chi connectivity index (χ1) is 12.4. The Labute approximate surface area is 151 Å². The van der Waals surface area contributed by atoms with Gasteiger partial charge in [-0.05, 0) is 26.8 Å². The monoisotopic (exact) mass is 362 g/mol. The summed E-state index contributed by atoms with van der Waals surface area (Å²) in [6.45, 7) is 6.04. The van der Waals surface area contributed by atoms with Gasteiger partial charge in [-0.2, -0.15) is 5.10 Å². The Balaban J connectivity index is 1.98. The van der Waals surface area contributed by atoms with Gasteiger partial charge in [-0.15, -0.1) is 0 Å². The zero-order valence-corrected chi connectivity index (χ0v) is 15.1. The highest BCUT2D eigenvalue weighted by Crippen LogP contribution is 2.21. The second-order valence-electron chi connectivity index (χ2n) is 5.73. The number of amides is 2. The highest BCUT2D eigenvalue weighted by atomic mass is 19.1. The summed E-state index contributed by atoms with van der Waals surface area (Å²) in [6, 6.07) is 6.05. The Morgan fingerprint density at radius 2 is 2.00 bits per heavy atom. The van der Waals surface area contributed by atoms with E-state index in [1.54, 1.807) is 43.7 Å². The van der Waals surface area contributed by atoms with E-state index in [1.807, 2.05) is 0 Å². The van der Waals surface area contributed by atoms with Gasteiger partial charge < -0.3 is 15.4 Å². The summed E-state index contributed by atoms with van der Waals surface area (Å²) < 4.78 is 20.3. The molecule has 2 aromatic rings. The lowest BCUT2D eigenvalue weighted by molar-refractivity contribution is -0.142. The van der Waals surface area contributed by atoms with Gasteiger partial charge in [0.2, 0.25) is 0 Å². The number of esters is 1. The number of anilines is 1. The molecule has 0 bridgehead atoms. The van der Waals surface area contributed by atoms with Crippen molar-refractivity contribution in [3.63, 3.8) is 0 Å². The summed E-state index contributed by atoms with van der Waals surface area (Å²) in [7, 11) is 0. The maximum absolute atomic E-state index is 13.8. The number of nitrogens with one attached hydrogen (secondary N) is 2. The first kappa shape index (κ1) is 19.4. The molecule has 2 amide bonds. The molecule has 1 aromatic carbocycles. The third-order valence-electron chi connectivity index (χ3n) is 3.82. The molecule has 0 atom stereocenters. The molecule has 2 N–H and O–H groups in total. The number of ether oxygens (including phenoxy) is 1. The van der Waals surface area contributed by atoms with Crippen molar-refractivity contribution >= 4 is 17.7 Å². The molecular weight excluding hydrogens is 339 g/mol. The third-order valence-corrected chi connectivity index (χ3v) is 3.82. The topological polar surface area (TPSA) is 85.2 Å². The van der Waals surface area contributed by atoms with Crippen LogP contribution in [0.5, 0.6) is 0 Å². The summed E-state index contributed by atoms with van der Waals surface area (Å²) in [6.07, 6.45) is 0.103. The Bertz CT molecular complexity index is 789. The molecule has 0 saturated carbocycles. The summed E-state index contributed by atoms with van der Waals surface area (Å²) >= 11 is 0. The third kappa shape index (κ3) is 5.05. The average molecular weight is 362 g/mol. The van der Waals surface area contributed by atoms with Crippen molar-refractivity contribution in [3.8, 4) is 0 Å². The predicted molar refractivity (Wildman–Crippen MR) is 95.5 cm³/mol. The van der Waals surface area contributed by atoms with Crippen LogP contribution in [0.15, 0.2) is 24.3 Å². The minimum absolute atomic E-state index is 0.103. The van der Waals surface area contributed by atoms with Crippen LogP contribution in [-0.4, -0.2) is 34.9 Å². The molecule has 8 heteroatoms. The van der Waals surface area contributed by atoms with E-state index in [2.05, 4.69) is 15.7 Å². The summed E-state index contributed by atoms with van der Waals surface area (Å²) in [5.41, 5.74) is 2.42. The Morgan fingerprint density at radius 1 is 1.27 bits per heavy atom. The SMILES string of the molecule is CCOC(=O)CCNC(=O)Nc1c(C)nn(Cc2ccccc2F)c1C. The standard InChI is InChI=1S/C18H23FN4O3/c1-4-26-16(24)9-10-20-18(25)21-17-12(2)22-23(13(17)3)11-14-7-5-6-8-15(14)19/h5-8H,4,9-11H2,1-3H3,(H2,20,21,25). The van der Waals surface area contributed by atoms with E-state index in [9.17, 15) is 14.0 Å². The minimum atomic E-state index is -0.439. The van der Waals surface area contributed by atoms with Crippen LogP contribution in [0.25, 0.3) is 0 Å². The van der Waals surface area contributed by atoms with Crippen molar-refractivity contribution in [2.75, 3.05) is 18.5 Å². The number of benzene rings is 1. The maximum Gasteiger partial charge on any atom is 0.319 e. The molecular formula is C18H23FN4O3. The van der Waals surface area contributed by atoms with Crippen molar-refractivity contribution in [2.24, 2.45) is 0 Å². The molecule has 0 unspecified atom stereocenters. The van der Waals surface area contributed by atoms with Gasteiger partial charge >= 0.3 is 12.0 Å². The second-order valence-corrected chi connectivity index (χ2v) is 5.73. The van der Waals surface area contributed by atoms with Crippen molar-refractivity contribution in [2.45, 2.75) is 33.7 Å². The molecule has 0 radical (unpaired) electrons. The lowest BCUT2D eigenvalue weighted by Gasteiger charge is -2.09. The van der Waals surface area contributed by atoms with E-state index in [4.69, 9.17) is 4.74 Å². The predicted octanol–water partition coefficient (Wildman–Crippen LogP) is 2.76. The maximum atomic E-state index is 13.8.